The quantitative estimate of drug-likeness (QED) is 0.432. The van der Waals surface area contributed by atoms with Crippen molar-refractivity contribution in [1.82, 2.24) is 14.8 Å². The molecule has 2 aromatic heterocycles. The highest BCUT2D eigenvalue weighted by molar-refractivity contribution is 5.92. The number of hydrogen-bond acceptors (Lipinski definition) is 4. The number of anilines is 1. The molecule has 6 nitrogen and oxygen atoms in total. The molecule has 1 N–H and O–H groups in total. The van der Waals surface area contributed by atoms with Crippen LogP contribution in [0.2, 0.25) is 0 Å². The molecule has 4 aromatic rings. The van der Waals surface area contributed by atoms with Crippen LogP contribution in [0.1, 0.15) is 34.4 Å². The van der Waals surface area contributed by atoms with Crippen LogP contribution in [0.3, 0.4) is 0 Å². The number of nitrogens with zero attached hydrogens (tertiary/aromatic N) is 3. The SMILES string of the molecule is COc1nc2c(c(C)nn2-c2cccc(F)c2)c(C)c1CCC(=O)Nc1ccc(C)cc1C. The summed E-state index contributed by atoms with van der Waals surface area (Å²) >= 11 is 0. The average molecular weight is 447 g/mol. The van der Waals surface area contributed by atoms with E-state index < -0.39 is 0 Å². The second-order valence-corrected chi connectivity index (χ2v) is 8.27. The molecule has 0 aliphatic carbocycles. The van der Waals surface area contributed by atoms with Crippen LogP contribution < -0.4 is 10.1 Å². The minimum atomic E-state index is -0.344. The van der Waals surface area contributed by atoms with Crippen molar-refractivity contribution >= 4 is 22.6 Å². The van der Waals surface area contributed by atoms with Gasteiger partial charge in [-0.1, -0.05) is 23.8 Å². The van der Waals surface area contributed by atoms with Gasteiger partial charge in [-0.2, -0.15) is 10.1 Å². The van der Waals surface area contributed by atoms with Gasteiger partial charge in [0.05, 0.1) is 18.5 Å². The predicted octanol–water partition coefficient (Wildman–Crippen LogP) is 5.37. The van der Waals surface area contributed by atoms with Gasteiger partial charge in [0.25, 0.3) is 0 Å². The molecule has 33 heavy (non-hydrogen) atoms. The molecule has 1 amide bonds. The third-order valence-electron chi connectivity index (χ3n) is 5.83. The van der Waals surface area contributed by atoms with Crippen molar-refractivity contribution in [3.63, 3.8) is 0 Å². The molecule has 0 unspecified atom stereocenters. The number of halogens is 1. The van der Waals surface area contributed by atoms with Crippen molar-refractivity contribution in [3.8, 4) is 11.6 Å². The summed E-state index contributed by atoms with van der Waals surface area (Å²) in [5.41, 5.74) is 6.77. The van der Waals surface area contributed by atoms with Crippen molar-refractivity contribution in [3.05, 3.63) is 76.2 Å². The maximum absolute atomic E-state index is 13.8. The summed E-state index contributed by atoms with van der Waals surface area (Å²) in [6, 6.07) is 12.2. The summed E-state index contributed by atoms with van der Waals surface area (Å²) in [6.07, 6.45) is 0.758. The largest absolute Gasteiger partial charge is 0.481 e. The van der Waals surface area contributed by atoms with E-state index in [0.29, 0.717) is 23.6 Å². The lowest BCUT2D eigenvalue weighted by Gasteiger charge is -2.14. The molecule has 2 heterocycles. The summed E-state index contributed by atoms with van der Waals surface area (Å²) in [5.74, 6) is 0.0245. The normalized spacial score (nSPS) is 11.1. The lowest BCUT2D eigenvalue weighted by atomic mass is 10.0. The van der Waals surface area contributed by atoms with Gasteiger partial charge in [-0.05, 0) is 69.5 Å². The molecule has 0 fully saturated rings. The number of rotatable bonds is 6. The molecular formula is C26H27FN4O2. The van der Waals surface area contributed by atoms with E-state index in [4.69, 9.17) is 9.72 Å². The fourth-order valence-corrected chi connectivity index (χ4v) is 4.19. The van der Waals surface area contributed by atoms with Crippen LogP contribution in [0.25, 0.3) is 16.7 Å². The third kappa shape index (κ3) is 4.44. The molecule has 0 spiro atoms. The molecule has 4 rings (SSSR count). The number of fused-ring (bicyclic) bond motifs is 1. The first-order valence-electron chi connectivity index (χ1n) is 10.8. The van der Waals surface area contributed by atoms with E-state index >= 15 is 0 Å². The minimum Gasteiger partial charge on any atom is -0.481 e. The molecule has 2 aromatic carbocycles. The number of carbonyl (C=O) groups excluding carboxylic acids is 1. The number of aromatic nitrogens is 3. The Hall–Kier alpha value is -3.74. The van der Waals surface area contributed by atoms with E-state index in [-0.39, 0.29) is 18.1 Å². The number of aryl methyl sites for hydroxylation is 4. The molecule has 7 heteroatoms. The molecule has 0 aliphatic heterocycles. The van der Waals surface area contributed by atoms with Crippen molar-refractivity contribution < 1.29 is 13.9 Å². The Balaban J connectivity index is 1.65. The van der Waals surface area contributed by atoms with E-state index in [1.54, 1.807) is 23.9 Å². The molecule has 0 saturated carbocycles. The van der Waals surface area contributed by atoms with Crippen LogP contribution in [-0.4, -0.2) is 27.8 Å². The second kappa shape index (κ2) is 9.02. The van der Waals surface area contributed by atoms with Gasteiger partial charge in [-0.15, -0.1) is 0 Å². The van der Waals surface area contributed by atoms with Crippen molar-refractivity contribution in [2.24, 2.45) is 0 Å². The van der Waals surface area contributed by atoms with E-state index in [1.807, 2.05) is 45.9 Å². The summed E-state index contributed by atoms with van der Waals surface area (Å²) in [7, 11) is 1.56. The molecule has 0 aliphatic rings. The highest BCUT2D eigenvalue weighted by atomic mass is 19.1. The van der Waals surface area contributed by atoms with Gasteiger partial charge in [0.2, 0.25) is 11.8 Å². The molecule has 0 bridgehead atoms. The zero-order valence-corrected chi connectivity index (χ0v) is 19.5. The number of pyridine rings is 1. The van der Waals surface area contributed by atoms with Gasteiger partial charge >= 0.3 is 0 Å². The van der Waals surface area contributed by atoms with Crippen LogP contribution in [0.5, 0.6) is 5.88 Å². The van der Waals surface area contributed by atoms with Gasteiger partial charge in [0.15, 0.2) is 5.65 Å². The van der Waals surface area contributed by atoms with Gasteiger partial charge < -0.3 is 10.1 Å². The smallest absolute Gasteiger partial charge is 0.224 e. The number of carbonyl (C=O) groups is 1. The van der Waals surface area contributed by atoms with Gasteiger partial charge in [-0.3, -0.25) is 4.79 Å². The highest BCUT2D eigenvalue weighted by Crippen LogP contribution is 2.32. The van der Waals surface area contributed by atoms with Crippen molar-refractivity contribution in [2.75, 3.05) is 12.4 Å². The minimum absolute atomic E-state index is 0.0734. The monoisotopic (exact) mass is 446 g/mol. The molecule has 0 atom stereocenters. The zero-order chi connectivity index (χ0) is 23.7. The van der Waals surface area contributed by atoms with Crippen molar-refractivity contribution in [1.29, 1.82) is 0 Å². The summed E-state index contributed by atoms with van der Waals surface area (Å²) in [6.45, 7) is 7.88. The maximum atomic E-state index is 13.8. The first-order chi connectivity index (χ1) is 15.8. The summed E-state index contributed by atoms with van der Waals surface area (Å²) in [4.78, 5) is 17.4. The van der Waals surface area contributed by atoms with Gasteiger partial charge in [0, 0.05) is 23.1 Å². The highest BCUT2D eigenvalue weighted by Gasteiger charge is 2.20. The van der Waals surface area contributed by atoms with Gasteiger partial charge in [0.1, 0.15) is 5.82 Å². The van der Waals surface area contributed by atoms with E-state index in [9.17, 15) is 9.18 Å². The van der Waals surface area contributed by atoms with Crippen LogP contribution in [0.15, 0.2) is 42.5 Å². The van der Waals surface area contributed by atoms with E-state index in [2.05, 4.69) is 10.4 Å². The first kappa shape index (κ1) is 22.5. The number of benzene rings is 2. The summed E-state index contributed by atoms with van der Waals surface area (Å²) in [5, 5.41) is 8.47. The Morgan fingerprint density at radius 1 is 1.12 bits per heavy atom. The predicted molar refractivity (Wildman–Crippen MR) is 128 cm³/mol. The number of ether oxygens (including phenoxy) is 1. The van der Waals surface area contributed by atoms with Crippen LogP contribution in [0, 0.1) is 33.5 Å². The Morgan fingerprint density at radius 3 is 2.61 bits per heavy atom. The van der Waals surface area contributed by atoms with Gasteiger partial charge in [-0.25, -0.2) is 9.07 Å². The number of hydrogen-bond donors (Lipinski definition) is 1. The van der Waals surface area contributed by atoms with Crippen LogP contribution in [-0.2, 0) is 11.2 Å². The van der Waals surface area contributed by atoms with E-state index in [0.717, 1.165) is 39.0 Å². The molecule has 0 saturated heterocycles. The zero-order valence-electron chi connectivity index (χ0n) is 19.5. The van der Waals surface area contributed by atoms with E-state index in [1.165, 1.54) is 12.1 Å². The number of nitrogens with one attached hydrogen (secondary N) is 1. The maximum Gasteiger partial charge on any atom is 0.224 e. The molecule has 0 radical (unpaired) electrons. The lowest BCUT2D eigenvalue weighted by molar-refractivity contribution is -0.116. The Bertz CT molecular complexity index is 1360. The third-order valence-corrected chi connectivity index (χ3v) is 5.83. The topological polar surface area (TPSA) is 69.0 Å². The number of methoxy groups -OCH3 is 1. The second-order valence-electron chi connectivity index (χ2n) is 8.27. The fraction of sp³-hybridized carbons (Fsp3) is 0.269. The molecule has 170 valence electrons. The summed E-state index contributed by atoms with van der Waals surface area (Å²) < 4.78 is 21.0. The Labute approximate surface area is 192 Å². The standard InChI is InChI=1S/C26H27FN4O2/c1-15-9-11-22(16(2)13-15)28-23(32)12-10-21-17(3)24-18(4)30-31(25(24)29-26(21)33-5)20-8-6-7-19(27)14-20/h6-9,11,13-14H,10,12H2,1-5H3,(H,28,32). The first-order valence-corrected chi connectivity index (χ1v) is 10.8. The fourth-order valence-electron chi connectivity index (χ4n) is 4.19. The Kier molecular flexibility index (Phi) is 6.14. The van der Waals surface area contributed by atoms with Crippen LogP contribution in [0.4, 0.5) is 10.1 Å². The lowest BCUT2D eigenvalue weighted by Crippen LogP contribution is -2.14. The van der Waals surface area contributed by atoms with Crippen LogP contribution >= 0.6 is 0 Å². The molecular weight excluding hydrogens is 419 g/mol. The number of amides is 1. The van der Waals surface area contributed by atoms with Crippen molar-refractivity contribution in [2.45, 2.75) is 40.5 Å². The Morgan fingerprint density at radius 2 is 1.91 bits per heavy atom. The average Bonchev–Trinajstić information content (AvgIpc) is 3.11.